The molecular formula is C20H19BrN4OS. The Bertz CT molecular complexity index is 940. The molecule has 1 aromatic heterocycles. The van der Waals surface area contributed by atoms with Gasteiger partial charge in [-0.1, -0.05) is 42.5 Å². The molecule has 1 aliphatic rings. The van der Waals surface area contributed by atoms with Crippen LogP contribution in [0.25, 0.3) is 0 Å². The molecule has 0 radical (unpaired) electrons. The first kappa shape index (κ1) is 18.3. The number of halogens is 1. The van der Waals surface area contributed by atoms with Crippen LogP contribution in [0.2, 0.25) is 0 Å². The maximum atomic E-state index is 12.1. The fourth-order valence-corrected chi connectivity index (χ4v) is 4.16. The van der Waals surface area contributed by atoms with E-state index < -0.39 is 0 Å². The van der Waals surface area contributed by atoms with Gasteiger partial charge in [-0.2, -0.15) is 4.98 Å². The molecule has 27 heavy (non-hydrogen) atoms. The molecule has 4 rings (SSSR count). The van der Waals surface area contributed by atoms with Crippen LogP contribution in [-0.4, -0.2) is 20.7 Å². The van der Waals surface area contributed by atoms with Gasteiger partial charge in [-0.15, -0.1) is 5.10 Å². The van der Waals surface area contributed by atoms with Gasteiger partial charge in [-0.25, -0.2) is 4.68 Å². The van der Waals surface area contributed by atoms with E-state index in [2.05, 4.69) is 43.5 Å². The van der Waals surface area contributed by atoms with Gasteiger partial charge >= 0.3 is 0 Å². The van der Waals surface area contributed by atoms with E-state index in [0.717, 1.165) is 41.5 Å². The summed E-state index contributed by atoms with van der Waals surface area (Å²) in [5, 5.41) is 8.31. The van der Waals surface area contributed by atoms with Crippen molar-refractivity contribution < 1.29 is 4.79 Å². The first-order valence-corrected chi connectivity index (χ1v) is 10.5. The number of nitrogens with zero attached hydrogens (tertiary/aromatic N) is 3. The zero-order valence-corrected chi connectivity index (χ0v) is 17.0. The molecule has 7 heteroatoms. The molecule has 138 valence electrons. The van der Waals surface area contributed by atoms with E-state index in [-0.39, 0.29) is 11.8 Å². The summed E-state index contributed by atoms with van der Waals surface area (Å²) < 4.78 is 2.47. The molecule has 1 N–H and O–H groups in total. The Balaban J connectivity index is 1.50. The van der Waals surface area contributed by atoms with Crippen molar-refractivity contribution >= 4 is 39.3 Å². The maximum Gasteiger partial charge on any atom is 0.227 e. The van der Waals surface area contributed by atoms with E-state index in [4.69, 9.17) is 0 Å². The third kappa shape index (κ3) is 4.78. The Morgan fingerprint density at radius 2 is 1.89 bits per heavy atom. The maximum absolute atomic E-state index is 12.1. The Labute approximate surface area is 170 Å². The summed E-state index contributed by atoms with van der Waals surface area (Å²) >= 11 is 4.90. The van der Waals surface area contributed by atoms with Crippen LogP contribution < -0.4 is 5.32 Å². The number of carbonyl (C=O) groups excluding carboxylic acids is 1. The van der Waals surface area contributed by atoms with Crippen molar-refractivity contribution in [3.8, 4) is 0 Å². The second-order valence-corrected chi connectivity index (χ2v) is 8.20. The van der Waals surface area contributed by atoms with Crippen molar-refractivity contribution in [2.24, 2.45) is 5.92 Å². The van der Waals surface area contributed by atoms with Gasteiger partial charge in [0.15, 0.2) is 5.16 Å². The second-order valence-electron chi connectivity index (χ2n) is 6.48. The summed E-state index contributed by atoms with van der Waals surface area (Å²) in [6, 6.07) is 18.2. The van der Waals surface area contributed by atoms with Crippen LogP contribution >= 0.6 is 27.7 Å². The average molecular weight is 443 g/mol. The molecule has 0 unspecified atom stereocenters. The van der Waals surface area contributed by atoms with Crippen LogP contribution in [0.1, 0.15) is 18.4 Å². The number of para-hydroxylation sites is 1. The van der Waals surface area contributed by atoms with Gasteiger partial charge in [0.05, 0.1) is 5.69 Å². The molecule has 0 atom stereocenters. The summed E-state index contributed by atoms with van der Waals surface area (Å²) in [5.41, 5.74) is 2.09. The molecule has 0 saturated heterocycles. The predicted octanol–water partition coefficient (Wildman–Crippen LogP) is 4.78. The van der Waals surface area contributed by atoms with Gasteiger partial charge in [0, 0.05) is 17.4 Å². The molecule has 1 heterocycles. The highest BCUT2D eigenvalue weighted by Gasteiger charge is 2.30. The monoisotopic (exact) mass is 442 g/mol. The van der Waals surface area contributed by atoms with E-state index in [1.165, 1.54) is 17.3 Å². The molecule has 3 aromatic rings. The molecule has 0 aliphatic heterocycles. The zero-order valence-electron chi connectivity index (χ0n) is 14.6. The number of carbonyl (C=O) groups is 1. The van der Waals surface area contributed by atoms with Crippen LogP contribution in [0, 0.1) is 5.92 Å². The average Bonchev–Trinajstić information content (AvgIpc) is 3.47. The SMILES string of the molecule is O=C(Nc1ccccc1Sc1nc(Br)nn1CCc1ccccc1)C1CC1. The summed E-state index contributed by atoms with van der Waals surface area (Å²) in [7, 11) is 0. The van der Waals surface area contributed by atoms with Crippen LogP contribution in [0.5, 0.6) is 0 Å². The van der Waals surface area contributed by atoms with Crippen LogP contribution in [-0.2, 0) is 17.8 Å². The van der Waals surface area contributed by atoms with Crippen molar-refractivity contribution in [3.05, 3.63) is 64.9 Å². The van der Waals surface area contributed by atoms with E-state index in [1.54, 1.807) is 0 Å². The fraction of sp³-hybridized carbons (Fsp3) is 0.250. The fourth-order valence-electron chi connectivity index (χ4n) is 2.74. The Morgan fingerprint density at radius 3 is 2.67 bits per heavy atom. The summed E-state index contributed by atoms with van der Waals surface area (Å²) in [5.74, 6) is 0.279. The van der Waals surface area contributed by atoms with Crippen molar-refractivity contribution in [1.82, 2.24) is 14.8 Å². The van der Waals surface area contributed by atoms with E-state index in [9.17, 15) is 4.79 Å². The highest BCUT2D eigenvalue weighted by Crippen LogP contribution is 2.35. The lowest BCUT2D eigenvalue weighted by molar-refractivity contribution is -0.117. The molecule has 2 aromatic carbocycles. The molecule has 0 bridgehead atoms. The van der Waals surface area contributed by atoms with E-state index in [1.807, 2.05) is 47.1 Å². The quantitative estimate of drug-likeness (QED) is 0.571. The third-order valence-corrected chi connectivity index (χ3v) is 5.76. The van der Waals surface area contributed by atoms with E-state index in [0.29, 0.717) is 4.73 Å². The molecule has 1 amide bonds. The summed E-state index contributed by atoms with van der Waals surface area (Å²) in [6.45, 7) is 0.738. The van der Waals surface area contributed by atoms with Crippen molar-refractivity contribution in [1.29, 1.82) is 0 Å². The third-order valence-electron chi connectivity index (χ3n) is 4.36. The lowest BCUT2D eigenvalue weighted by atomic mass is 10.2. The Morgan fingerprint density at radius 1 is 1.15 bits per heavy atom. The number of aromatic nitrogens is 3. The van der Waals surface area contributed by atoms with Crippen molar-refractivity contribution in [3.63, 3.8) is 0 Å². The first-order valence-electron chi connectivity index (χ1n) is 8.91. The second kappa shape index (κ2) is 8.27. The molecule has 1 aliphatic carbocycles. The van der Waals surface area contributed by atoms with Gasteiger partial charge in [0.2, 0.25) is 10.6 Å². The largest absolute Gasteiger partial charge is 0.325 e. The number of nitrogens with one attached hydrogen (secondary N) is 1. The Hall–Kier alpha value is -2.12. The van der Waals surface area contributed by atoms with E-state index >= 15 is 0 Å². The highest BCUT2D eigenvalue weighted by atomic mass is 79.9. The van der Waals surface area contributed by atoms with Crippen molar-refractivity contribution in [2.45, 2.75) is 35.9 Å². The number of anilines is 1. The number of amides is 1. The lowest BCUT2D eigenvalue weighted by Crippen LogP contribution is -2.14. The molecule has 0 spiro atoms. The minimum Gasteiger partial charge on any atom is -0.325 e. The standard InChI is InChI=1S/C20H19BrN4OS/c21-19-23-20(25(24-19)13-12-14-6-2-1-3-7-14)27-17-9-5-4-8-16(17)22-18(26)15-10-11-15/h1-9,15H,10-13H2,(H,22,26). The van der Waals surface area contributed by atoms with Crippen LogP contribution in [0.4, 0.5) is 5.69 Å². The van der Waals surface area contributed by atoms with Gasteiger partial charge in [0.25, 0.3) is 0 Å². The number of benzene rings is 2. The normalized spacial score (nSPS) is 13.5. The van der Waals surface area contributed by atoms with Gasteiger partial charge in [-0.05, 0) is 64.7 Å². The molecule has 5 nitrogen and oxygen atoms in total. The number of hydrogen-bond donors (Lipinski definition) is 1. The summed E-state index contributed by atoms with van der Waals surface area (Å²) in [6.07, 6.45) is 2.86. The van der Waals surface area contributed by atoms with Crippen LogP contribution in [0.15, 0.2) is 69.4 Å². The predicted molar refractivity (Wildman–Crippen MR) is 110 cm³/mol. The number of hydrogen-bond acceptors (Lipinski definition) is 4. The zero-order chi connectivity index (χ0) is 18.6. The molecule has 1 saturated carbocycles. The highest BCUT2D eigenvalue weighted by molar-refractivity contribution is 9.10. The van der Waals surface area contributed by atoms with Gasteiger partial charge < -0.3 is 5.32 Å². The summed E-state index contributed by atoms with van der Waals surface area (Å²) in [4.78, 5) is 17.6. The van der Waals surface area contributed by atoms with Gasteiger partial charge in [0.1, 0.15) is 0 Å². The Kier molecular flexibility index (Phi) is 5.59. The van der Waals surface area contributed by atoms with Gasteiger partial charge in [-0.3, -0.25) is 4.79 Å². The number of rotatable bonds is 7. The molecular weight excluding hydrogens is 424 g/mol. The first-order chi connectivity index (χ1) is 13.2. The smallest absolute Gasteiger partial charge is 0.227 e. The minimum absolute atomic E-state index is 0.106. The minimum atomic E-state index is 0.106. The number of aryl methyl sites for hydroxylation is 2. The molecule has 1 fully saturated rings. The van der Waals surface area contributed by atoms with Crippen LogP contribution in [0.3, 0.4) is 0 Å². The van der Waals surface area contributed by atoms with Crippen molar-refractivity contribution in [2.75, 3.05) is 5.32 Å². The lowest BCUT2D eigenvalue weighted by Gasteiger charge is -2.11. The topological polar surface area (TPSA) is 59.8 Å².